The van der Waals surface area contributed by atoms with Gasteiger partial charge in [0.05, 0.1) is 5.92 Å². The van der Waals surface area contributed by atoms with Crippen LogP contribution in [0.2, 0.25) is 0 Å². The van der Waals surface area contributed by atoms with E-state index in [-0.39, 0.29) is 18.5 Å². The summed E-state index contributed by atoms with van der Waals surface area (Å²) >= 11 is 0. The number of hydrogen-bond acceptors (Lipinski definition) is 2. The Morgan fingerprint density at radius 3 is 2.75 bits per heavy atom. The summed E-state index contributed by atoms with van der Waals surface area (Å²) in [6.45, 7) is 4.13. The predicted octanol–water partition coefficient (Wildman–Crippen LogP) is 1.60. The van der Waals surface area contributed by atoms with Crippen LogP contribution < -0.4 is 0 Å². The zero-order chi connectivity index (χ0) is 8.97. The van der Waals surface area contributed by atoms with Gasteiger partial charge in [-0.1, -0.05) is 12.8 Å². The SMILES string of the molecule is CC#CCOC(=O)C1CC(C)C1. The van der Waals surface area contributed by atoms with E-state index < -0.39 is 0 Å². The third-order valence-corrected chi connectivity index (χ3v) is 2.17. The van der Waals surface area contributed by atoms with Gasteiger partial charge in [0.2, 0.25) is 0 Å². The van der Waals surface area contributed by atoms with Crippen LogP contribution in [0.1, 0.15) is 26.7 Å². The molecule has 1 fully saturated rings. The van der Waals surface area contributed by atoms with Gasteiger partial charge in [-0.15, -0.1) is 5.92 Å². The van der Waals surface area contributed by atoms with Crippen molar-refractivity contribution in [2.75, 3.05) is 6.61 Å². The smallest absolute Gasteiger partial charge is 0.309 e. The van der Waals surface area contributed by atoms with E-state index in [2.05, 4.69) is 18.8 Å². The van der Waals surface area contributed by atoms with Gasteiger partial charge in [0.15, 0.2) is 6.61 Å². The van der Waals surface area contributed by atoms with Crippen molar-refractivity contribution in [1.82, 2.24) is 0 Å². The maximum atomic E-state index is 11.2. The van der Waals surface area contributed by atoms with Crippen LogP contribution in [0, 0.1) is 23.7 Å². The van der Waals surface area contributed by atoms with Crippen LogP contribution in [0.25, 0.3) is 0 Å². The fourth-order valence-corrected chi connectivity index (χ4v) is 1.39. The predicted molar refractivity (Wildman–Crippen MR) is 46.3 cm³/mol. The third kappa shape index (κ3) is 2.27. The molecule has 66 valence electrons. The number of ether oxygens (including phenoxy) is 1. The van der Waals surface area contributed by atoms with Crippen molar-refractivity contribution in [2.45, 2.75) is 26.7 Å². The molecule has 12 heavy (non-hydrogen) atoms. The molecule has 0 saturated heterocycles. The monoisotopic (exact) mass is 166 g/mol. The van der Waals surface area contributed by atoms with E-state index in [0.717, 1.165) is 12.8 Å². The average molecular weight is 166 g/mol. The summed E-state index contributed by atoms with van der Waals surface area (Å²) in [5.74, 6) is 6.15. The van der Waals surface area contributed by atoms with Crippen molar-refractivity contribution >= 4 is 5.97 Å². The fourth-order valence-electron chi connectivity index (χ4n) is 1.39. The lowest BCUT2D eigenvalue weighted by atomic mass is 9.76. The Morgan fingerprint density at radius 2 is 2.25 bits per heavy atom. The first-order chi connectivity index (χ1) is 5.74. The average Bonchev–Trinajstić information content (AvgIpc) is 1.99. The lowest BCUT2D eigenvalue weighted by Gasteiger charge is -2.30. The second-order valence-corrected chi connectivity index (χ2v) is 3.31. The van der Waals surface area contributed by atoms with Gasteiger partial charge in [-0.05, 0) is 25.7 Å². The normalized spacial score (nSPS) is 26.5. The fraction of sp³-hybridized carbons (Fsp3) is 0.700. The van der Waals surface area contributed by atoms with Crippen LogP contribution in [0.5, 0.6) is 0 Å². The van der Waals surface area contributed by atoms with Crippen molar-refractivity contribution in [3.05, 3.63) is 0 Å². The Morgan fingerprint density at radius 1 is 1.58 bits per heavy atom. The molecule has 0 aromatic heterocycles. The molecule has 1 saturated carbocycles. The molecule has 2 heteroatoms. The van der Waals surface area contributed by atoms with Gasteiger partial charge in [-0.25, -0.2) is 0 Å². The number of rotatable bonds is 2. The molecule has 1 rings (SSSR count). The topological polar surface area (TPSA) is 26.3 Å². The number of carbonyl (C=O) groups excluding carboxylic acids is 1. The van der Waals surface area contributed by atoms with Crippen LogP contribution in [0.3, 0.4) is 0 Å². The van der Waals surface area contributed by atoms with Gasteiger partial charge >= 0.3 is 5.97 Å². The second-order valence-electron chi connectivity index (χ2n) is 3.31. The Kier molecular flexibility index (Phi) is 3.16. The molecule has 0 aliphatic heterocycles. The van der Waals surface area contributed by atoms with Crippen LogP contribution in [-0.4, -0.2) is 12.6 Å². The molecule has 1 aliphatic rings. The number of carbonyl (C=O) groups is 1. The van der Waals surface area contributed by atoms with Crippen LogP contribution in [-0.2, 0) is 9.53 Å². The summed E-state index contributed by atoms with van der Waals surface area (Å²) in [5.41, 5.74) is 0. The van der Waals surface area contributed by atoms with E-state index in [1.165, 1.54) is 0 Å². The second kappa shape index (κ2) is 4.15. The molecule has 0 aromatic carbocycles. The Hall–Kier alpha value is -0.970. The zero-order valence-electron chi connectivity index (χ0n) is 7.59. The van der Waals surface area contributed by atoms with Gasteiger partial charge in [0, 0.05) is 0 Å². The van der Waals surface area contributed by atoms with E-state index in [1.807, 2.05) is 0 Å². The zero-order valence-corrected chi connectivity index (χ0v) is 7.59. The lowest BCUT2D eigenvalue weighted by molar-refractivity contribution is -0.151. The molecular weight excluding hydrogens is 152 g/mol. The van der Waals surface area contributed by atoms with Gasteiger partial charge in [0.1, 0.15) is 0 Å². The molecule has 0 N–H and O–H groups in total. The van der Waals surface area contributed by atoms with Crippen molar-refractivity contribution in [3.8, 4) is 11.8 Å². The van der Waals surface area contributed by atoms with Crippen LogP contribution in [0.15, 0.2) is 0 Å². The summed E-state index contributed by atoms with van der Waals surface area (Å²) in [6.07, 6.45) is 1.97. The molecule has 0 unspecified atom stereocenters. The minimum atomic E-state index is -0.0733. The summed E-state index contributed by atoms with van der Waals surface area (Å²) in [6, 6.07) is 0. The molecule has 0 aromatic rings. The molecule has 2 nitrogen and oxygen atoms in total. The first kappa shape index (κ1) is 9.12. The van der Waals surface area contributed by atoms with E-state index in [1.54, 1.807) is 6.92 Å². The highest BCUT2D eigenvalue weighted by Gasteiger charge is 2.32. The van der Waals surface area contributed by atoms with Crippen molar-refractivity contribution in [1.29, 1.82) is 0 Å². The highest BCUT2D eigenvalue weighted by molar-refractivity contribution is 5.73. The largest absolute Gasteiger partial charge is 0.452 e. The molecule has 0 amide bonds. The Bertz CT molecular complexity index is 216. The highest BCUT2D eigenvalue weighted by Crippen LogP contribution is 2.33. The number of esters is 1. The van der Waals surface area contributed by atoms with E-state index in [4.69, 9.17) is 4.74 Å². The maximum absolute atomic E-state index is 11.2. The standard InChI is InChI=1S/C10H14O2/c1-3-4-5-12-10(11)9-6-8(2)7-9/h8-9H,5-7H2,1-2H3. The summed E-state index contributed by atoms with van der Waals surface area (Å²) < 4.78 is 4.92. The molecule has 1 aliphatic carbocycles. The van der Waals surface area contributed by atoms with E-state index in [0.29, 0.717) is 5.92 Å². The minimum Gasteiger partial charge on any atom is -0.452 e. The molecule has 0 heterocycles. The van der Waals surface area contributed by atoms with E-state index >= 15 is 0 Å². The lowest BCUT2D eigenvalue weighted by Crippen LogP contribution is -2.30. The Labute approximate surface area is 73.3 Å². The van der Waals surface area contributed by atoms with E-state index in [9.17, 15) is 4.79 Å². The molecule has 0 spiro atoms. The van der Waals surface area contributed by atoms with Crippen LogP contribution in [0.4, 0.5) is 0 Å². The molecule has 0 atom stereocenters. The van der Waals surface area contributed by atoms with Gasteiger partial charge in [-0.2, -0.15) is 0 Å². The van der Waals surface area contributed by atoms with Crippen LogP contribution >= 0.6 is 0 Å². The Balaban J connectivity index is 2.15. The van der Waals surface area contributed by atoms with Crippen molar-refractivity contribution in [3.63, 3.8) is 0 Å². The van der Waals surface area contributed by atoms with Gasteiger partial charge in [0.25, 0.3) is 0 Å². The third-order valence-electron chi connectivity index (χ3n) is 2.17. The highest BCUT2D eigenvalue weighted by atomic mass is 16.5. The van der Waals surface area contributed by atoms with Crippen molar-refractivity contribution < 1.29 is 9.53 Å². The summed E-state index contributed by atoms with van der Waals surface area (Å²) in [7, 11) is 0. The molecule has 0 radical (unpaired) electrons. The minimum absolute atomic E-state index is 0.0733. The van der Waals surface area contributed by atoms with Crippen molar-refractivity contribution in [2.24, 2.45) is 11.8 Å². The van der Waals surface area contributed by atoms with Gasteiger partial charge in [-0.3, -0.25) is 4.79 Å². The quantitative estimate of drug-likeness (QED) is 0.460. The number of hydrogen-bond donors (Lipinski definition) is 0. The first-order valence-electron chi connectivity index (χ1n) is 4.30. The maximum Gasteiger partial charge on any atom is 0.309 e. The summed E-state index contributed by atoms with van der Waals surface area (Å²) in [5, 5.41) is 0. The molecule has 0 bridgehead atoms. The summed E-state index contributed by atoms with van der Waals surface area (Å²) in [4.78, 5) is 11.2. The van der Waals surface area contributed by atoms with Gasteiger partial charge < -0.3 is 4.74 Å². The first-order valence-corrected chi connectivity index (χ1v) is 4.30. The molecular formula is C10H14O2.